The van der Waals surface area contributed by atoms with E-state index in [9.17, 15) is 0 Å². The van der Waals surface area contributed by atoms with Crippen LogP contribution in [0, 0.1) is 5.41 Å². The van der Waals surface area contributed by atoms with Gasteiger partial charge in [0.25, 0.3) is 0 Å². The molecule has 2 nitrogen and oxygen atoms in total. The van der Waals surface area contributed by atoms with Gasteiger partial charge in [0.1, 0.15) is 0 Å². The molecule has 0 aromatic heterocycles. The molecule has 0 atom stereocenters. The average molecular weight is 265 g/mol. The van der Waals surface area contributed by atoms with Crippen LogP contribution in [-0.2, 0) is 9.47 Å². The first-order chi connectivity index (χ1) is 6.83. The van der Waals surface area contributed by atoms with Crippen LogP contribution >= 0.6 is 15.9 Å². The molecular weight excluding hydrogens is 244 g/mol. The van der Waals surface area contributed by atoms with Crippen molar-refractivity contribution in [3.05, 3.63) is 0 Å². The molecule has 0 radical (unpaired) electrons. The fraction of sp³-hybridized carbons (Fsp3) is 1.00. The average Bonchev–Trinajstić information content (AvgIpc) is 2.15. The quantitative estimate of drug-likeness (QED) is 0.496. The third-order valence-electron chi connectivity index (χ3n) is 3.13. The van der Waals surface area contributed by atoms with Crippen LogP contribution < -0.4 is 0 Å². The summed E-state index contributed by atoms with van der Waals surface area (Å²) in [5, 5.41) is 1.16. The van der Waals surface area contributed by atoms with Crippen molar-refractivity contribution in [1.82, 2.24) is 0 Å². The van der Waals surface area contributed by atoms with Crippen molar-refractivity contribution in [2.75, 3.05) is 32.3 Å². The summed E-state index contributed by atoms with van der Waals surface area (Å²) in [4.78, 5) is 0. The number of rotatable bonds is 8. The Morgan fingerprint density at radius 3 is 2.50 bits per heavy atom. The van der Waals surface area contributed by atoms with Crippen molar-refractivity contribution < 1.29 is 9.47 Å². The van der Waals surface area contributed by atoms with E-state index in [1.54, 1.807) is 7.11 Å². The third kappa shape index (κ3) is 3.87. The van der Waals surface area contributed by atoms with E-state index in [-0.39, 0.29) is 0 Å². The number of methoxy groups -OCH3 is 1. The molecule has 0 aliphatic heterocycles. The van der Waals surface area contributed by atoms with E-state index < -0.39 is 0 Å². The summed E-state index contributed by atoms with van der Waals surface area (Å²) >= 11 is 3.62. The van der Waals surface area contributed by atoms with Gasteiger partial charge in [0.05, 0.1) is 13.2 Å². The highest BCUT2D eigenvalue weighted by Gasteiger charge is 2.34. The van der Waals surface area contributed by atoms with Gasteiger partial charge in [-0.25, -0.2) is 0 Å². The van der Waals surface area contributed by atoms with Crippen LogP contribution in [0.2, 0.25) is 0 Å². The summed E-state index contributed by atoms with van der Waals surface area (Å²) in [6, 6.07) is 0. The van der Waals surface area contributed by atoms with E-state index in [0.29, 0.717) is 12.0 Å². The molecule has 0 heterocycles. The van der Waals surface area contributed by atoms with Crippen LogP contribution in [0.3, 0.4) is 0 Å². The number of halogens is 1. The topological polar surface area (TPSA) is 18.5 Å². The molecule has 0 aromatic carbocycles. The van der Waals surface area contributed by atoms with Crippen LogP contribution in [0.4, 0.5) is 0 Å². The first kappa shape index (κ1) is 12.5. The summed E-state index contributed by atoms with van der Waals surface area (Å²) in [5.74, 6) is 0. The minimum Gasteiger partial charge on any atom is -0.382 e. The normalized spacial score (nSPS) is 19.3. The lowest BCUT2D eigenvalue weighted by atomic mass is 9.68. The molecule has 1 saturated carbocycles. The second-order valence-electron chi connectivity index (χ2n) is 4.20. The third-order valence-corrected chi connectivity index (χ3v) is 4.31. The molecule has 1 rings (SSSR count). The second kappa shape index (κ2) is 6.81. The zero-order valence-corrected chi connectivity index (χ0v) is 10.6. The smallest absolute Gasteiger partial charge is 0.0700 e. The highest BCUT2D eigenvalue weighted by atomic mass is 79.9. The second-order valence-corrected chi connectivity index (χ2v) is 4.76. The first-order valence-corrected chi connectivity index (χ1v) is 6.58. The SMILES string of the molecule is COCCOCCCC1(CBr)CCC1. The summed E-state index contributed by atoms with van der Waals surface area (Å²) in [7, 11) is 1.71. The summed E-state index contributed by atoms with van der Waals surface area (Å²) in [5.41, 5.74) is 0.616. The summed E-state index contributed by atoms with van der Waals surface area (Å²) < 4.78 is 10.4. The maximum Gasteiger partial charge on any atom is 0.0700 e. The molecule has 0 bridgehead atoms. The van der Waals surface area contributed by atoms with Crippen molar-refractivity contribution in [3.8, 4) is 0 Å². The zero-order chi connectivity index (χ0) is 10.3. The molecule has 14 heavy (non-hydrogen) atoms. The van der Waals surface area contributed by atoms with Gasteiger partial charge >= 0.3 is 0 Å². The predicted octanol–water partition coefficient (Wildman–Crippen LogP) is 2.99. The van der Waals surface area contributed by atoms with Gasteiger partial charge < -0.3 is 9.47 Å². The molecule has 0 saturated heterocycles. The Morgan fingerprint density at radius 2 is 2.00 bits per heavy atom. The molecule has 1 fully saturated rings. The monoisotopic (exact) mass is 264 g/mol. The van der Waals surface area contributed by atoms with Crippen molar-refractivity contribution in [2.24, 2.45) is 5.41 Å². The highest BCUT2D eigenvalue weighted by Crippen LogP contribution is 2.45. The van der Waals surface area contributed by atoms with Crippen molar-refractivity contribution in [2.45, 2.75) is 32.1 Å². The van der Waals surface area contributed by atoms with E-state index >= 15 is 0 Å². The molecule has 0 amide bonds. The Balaban J connectivity index is 1.92. The molecule has 84 valence electrons. The molecule has 0 spiro atoms. The number of alkyl halides is 1. The minimum absolute atomic E-state index is 0.616. The fourth-order valence-corrected chi connectivity index (χ4v) is 2.76. The van der Waals surface area contributed by atoms with Gasteiger partial charge in [-0.15, -0.1) is 0 Å². The Kier molecular flexibility index (Phi) is 6.06. The number of ether oxygens (including phenoxy) is 2. The van der Waals surface area contributed by atoms with E-state index in [0.717, 1.165) is 18.5 Å². The number of hydrogen-bond acceptors (Lipinski definition) is 2. The highest BCUT2D eigenvalue weighted by molar-refractivity contribution is 9.09. The van der Waals surface area contributed by atoms with Gasteiger partial charge in [-0.05, 0) is 31.1 Å². The Morgan fingerprint density at radius 1 is 1.21 bits per heavy atom. The standard InChI is InChI=1S/C11H21BrO2/c1-13-8-9-14-7-3-6-11(10-12)4-2-5-11/h2-10H2,1H3. The molecule has 0 N–H and O–H groups in total. The number of hydrogen-bond donors (Lipinski definition) is 0. The van der Waals surface area contributed by atoms with Crippen LogP contribution in [-0.4, -0.2) is 32.3 Å². The lowest BCUT2D eigenvalue weighted by Crippen LogP contribution is -2.31. The fourth-order valence-electron chi connectivity index (χ4n) is 1.92. The van der Waals surface area contributed by atoms with E-state index in [1.807, 2.05) is 0 Å². The van der Waals surface area contributed by atoms with Crippen molar-refractivity contribution >= 4 is 15.9 Å². The minimum atomic E-state index is 0.616. The molecule has 1 aliphatic carbocycles. The lowest BCUT2D eigenvalue weighted by Gasteiger charge is -2.40. The van der Waals surface area contributed by atoms with Gasteiger partial charge in [0.15, 0.2) is 0 Å². The Hall–Kier alpha value is 0.400. The van der Waals surface area contributed by atoms with Gasteiger partial charge in [0.2, 0.25) is 0 Å². The first-order valence-electron chi connectivity index (χ1n) is 5.46. The zero-order valence-electron chi connectivity index (χ0n) is 9.06. The van der Waals surface area contributed by atoms with Gasteiger partial charge in [-0.1, -0.05) is 22.4 Å². The lowest BCUT2D eigenvalue weighted by molar-refractivity contribution is 0.0575. The largest absolute Gasteiger partial charge is 0.382 e. The van der Waals surface area contributed by atoms with Crippen LogP contribution in [0.25, 0.3) is 0 Å². The van der Waals surface area contributed by atoms with Crippen molar-refractivity contribution in [3.63, 3.8) is 0 Å². The van der Waals surface area contributed by atoms with Crippen LogP contribution in [0.15, 0.2) is 0 Å². The molecule has 0 aromatic rings. The van der Waals surface area contributed by atoms with E-state index in [4.69, 9.17) is 9.47 Å². The Labute approximate surface area is 95.5 Å². The molecule has 1 aliphatic rings. The Bertz CT molecular complexity index is 141. The molecular formula is C11H21BrO2. The van der Waals surface area contributed by atoms with Crippen LogP contribution in [0.5, 0.6) is 0 Å². The maximum atomic E-state index is 5.44. The van der Waals surface area contributed by atoms with E-state index in [2.05, 4.69) is 15.9 Å². The van der Waals surface area contributed by atoms with Gasteiger partial charge in [0, 0.05) is 19.0 Å². The van der Waals surface area contributed by atoms with E-state index in [1.165, 1.54) is 32.1 Å². The molecule has 3 heteroatoms. The summed E-state index contributed by atoms with van der Waals surface area (Å²) in [6.45, 7) is 2.33. The van der Waals surface area contributed by atoms with Gasteiger partial charge in [-0.3, -0.25) is 0 Å². The maximum absolute atomic E-state index is 5.44. The predicted molar refractivity (Wildman–Crippen MR) is 62.0 cm³/mol. The van der Waals surface area contributed by atoms with Crippen LogP contribution in [0.1, 0.15) is 32.1 Å². The summed E-state index contributed by atoms with van der Waals surface area (Å²) in [6.07, 6.45) is 6.71. The molecule has 0 unspecified atom stereocenters. The van der Waals surface area contributed by atoms with Crippen molar-refractivity contribution in [1.29, 1.82) is 0 Å². The van der Waals surface area contributed by atoms with Gasteiger partial charge in [-0.2, -0.15) is 0 Å².